The number of halogens is 6. The van der Waals surface area contributed by atoms with Gasteiger partial charge < -0.3 is 4.74 Å². The molecule has 0 amide bonds. The molecule has 84 valence electrons. The first-order chi connectivity index (χ1) is 6.74. The standard InChI is InChI=1S/C8H4BrClF4O/c9-7(11,12)8(13,14)15-6-4-2-1-3-5(6)10/h1-4H. The van der Waals surface area contributed by atoms with Crippen LogP contribution in [0.2, 0.25) is 5.02 Å². The molecule has 0 saturated heterocycles. The molecule has 1 rings (SSSR count). The van der Waals surface area contributed by atoms with Crippen molar-refractivity contribution in [2.45, 2.75) is 10.9 Å². The predicted molar refractivity (Wildman–Crippen MR) is 50.9 cm³/mol. The molecule has 0 atom stereocenters. The maximum atomic E-state index is 12.7. The molecule has 1 aromatic rings. The lowest BCUT2D eigenvalue weighted by molar-refractivity contribution is -0.266. The first-order valence-corrected chi connectivity index (χ1v) is 4.79. The van der Waals surface area contributed by atoms with Crippen LogP contribution < -0.4 is 4.74 Å². The van der Waals surface area contributed by atoms with Crippen molar-refractivity contribution in [1.29, 1.82) is 0 Å². The lowest BCUT2D eigenvalue weighted by Gasteiger charge is -2.22. The summed E-state index contributed by atoms with van der Waals surface area (Å²) >= 11 is 6.99. The molecule has 0 aromatic heterocycles. The Morgan fingerprint density at radius 1 is 1.13 bits per heavy atom. The molecular formula is C8H4BrClF4O. The molecule has 0 N–H and O–H groups in total. The number of benzene rings is 1. The molecule has 0 aliphatic carbocycles. The Labute approximate surface area is 96.1 Å². The van der Waals surface area contributed by atoms with Crippen molar-refractivity contribution >= 4 is 27.5 Å². The minimum absolute atomic E-state index is 0.172. The Balaban J connectivity index is 2.92. The summed E-state index contributed by atoms with van der Waals surface area (Å²) in [6.45, 7) is 0. The summed E-state index contributed by atoms with van der Waals surface area (Å²) in [6, 6.07) is 5.11. The van der Waals surface area contributed by atoms with Gasteiger partial charge in [0.2, 0.25) is 0 Å². The van der Waals surface area contributed by atoms with E-state index in [0.717, 1.165) is 6.07 Å². The number of para-hydroxylation sites is 1. The van der Waals surface area contributed by atoms with Crippen LogP contribution >= 0.6 is 27.5 Å². The second kappa shape index (κ2) is 4.17. The lowest BCUT2D eigenvalue weighted by atomic mass is 10.3. The first kappa shape index (κ1) is 12.6. The van der Waals surface area contributed by atoms with Crippen LogP contribution in [0.1, 0.15) is 0 Å². The molecule has 0 saturated carbocycles. The van der Waals surface area contributed by atoms with Crippen molar-refractivity contribution < 1.29 is 22.3 Å². The van der Waals surface area contributed by atoms with Crippen molar-refractivity contribution in [2.75, 3.05) is 0 Å². The van der Waals surface area contributed by atoms with E-state index in [0.29, 0.717) is 0 Å². The van der Waals surface area contributed by atoms with Crippen molar-refractivity contribution in [3.8, 4) is 5.75 Å². The molecule has 0 heterocycles. The predicted octanol–water partition coefficient (Wildman–Crippen LogP) is 4.30. The summed E-state index contributed by atoms with van der Waals surface area (Å²) in [5, 5.41) is -0.172. The molecule has 0 spiro atoms. The van der Waals surface area contributed by atoms with Gasteiger partial charge in [0.25, 0.3) is 0 Å². The molecule has 0 unspecified atom stereocenters. The fourth-order valence-corrected chi connectivity index (χ4v) is 0.979. The summed E-state index contributed by atoms with van der Waals surface area (Å²) in [4.78, 5) is -4.46. The summed E-state index contributed by atoms with van der Waals surface area (Å²) < 4.78 is 53.9. The SMILES string of the molecule is FC(F)(Br)C(F)(F)Oc1ccccc1Cl. The van der Waals surface area contributed by atoms with E-state index in [1.807, 2.05) is 0 Å². The second-order valence-electron chi connectivity index (χ2n) is 2.55. The largest absolute Gasteiger partial charge is 0.475 e. The van der Waals surface area contributed by atoms with Crippen LogP contribution in [0.15, 0.2) is 24.3 Å². The fraction of sp³-hybridized carbons (Fsp3) is 0.250. The molecule has 7 heteroatoms. The third-order valence-electron chi connectivity index (χ3n) is 1.40. The Bertz CT molecular complexity index is 353. The first-order valence-electron chi connectivity index (χ1n) is 3.62. The molecule has 0 bridgehead atoms. The second-order valence-corrected chi connectivity index (χ2v) is 3.95. The van der Waals surface area contributed by atoms with E-state index in [2.05, 4.69) is 4.74 Å². The summed E-state index contributed by atoms with van der Waals surface area (Å²) in [5.74, 6) is -0.511. The lowest BCUT2D eigenvalue weighted by Crippen LogP contribution is -2.40. The topological polar surface area (TPSA) is 9.23 Å². The highest BCUT2D eigenvalue weighted by Crippen LogP contribution is 2.41. The van der Waals surface area contributed by atoms with E-state index < -0.39 is 16.7 Å². The van der Waals surface area contributed by atoms with Gasteiger partial charge in [-0.15, -0.1) is 0 Å². The molecule has 0 aliphatic rings. The van der Waals surface area contributed by atoms with Crippen LogP contribution in [0, 0.1) is 0 Å². The third kappa shape index (κ3) is 2.98. The maximum Gasteiger partial charge on any atom is 0.475 e. The molecule has 1 aromatic carbocycles. The van der Waals surface area contributed by atoms with E-state index in [1.165, 1.54) is 34.1 Å². The Morgan fingerprint density at radius 3 is 2.13 bits per heavy atom. The summed E-state index contributed by atoms with van der Waals surface area (Å²) in [7, 11) is 0. The van der Waals surface area contributed by atoms with E-state index in [1.54, 1.807) is 0 Å². The highest BCUT2D eigenvalue weighted by Gasteiger charge is 2.58. The van der Waals surface area contributed by atoms with Gasteiger partial charge in [-0.05, 0) is 12.1 Å². The van der Waals surface area contributed by atoms with Crippen molar-refractivity contribution in [3.05, 3.63) is 29.3 Å². The van der Waals surface area contributed by atoms with Gasteiger partial charge in [0, 0.05) is 15.9 Å². The summed E-state index contributed by atoms with van der Waals surface area (Å²) in [6.07, 6.45) is -4.67. The maximum absolute atomic E-state index is 12.7. The molecule has 1 nitrogen and oxygen atoms in total. The molecule has 0 radical (unpaired) electrons. The van der Waals surface area contributed by atoms with Crippen LogP contribution in [0.3, 0.4) is 0 Å². The van der Waals surface area contributed by atoms with Crippen LogP contribution in [-0.2, 0) is 0 Å². The van der Waals surface area contributed by atoms with Gasteiger partial charge in [-0.2, -0.15) is 17.6 Å². The molecule has 0 aliphatic heterocycles. The number of ether oxygens (including phenoxy) is 1. The monoisotopic (exact) mass is 306 g/mol. The number of hydrogen-bond donors (Lipinski definition) is 0. The van der Waals surface area contributed by atoms with Gasteiger partial charge in [0.05, 0.1) is 5.02 Å². The number of alkyl halides is 5. The Kier molecular flexibility index (Phi) is 3.50. The van der Waals surface area contributed by atoms with Crippen molar-refractivity contribution in [1.82, 2.24) is 0 Å². The highest BCUT2D eigenvalue weighted by molar-refractivity contribution is 9.10. The van der Waals surface area contributed by atoms with Gasteiger partial charge in [0.1, 0.15) is 5.75 Å². The zero-order valence-corrected chi connectivity index (χ0v) is 9.33. The van der Waals surface area contributed by atoms with Gasteiger partial charge in [-0.25, -0.2) is 0 Å². The van der Waals surface area contributed by atoms with Gasteiger partial charge in [-0.3, -0.25) is 0 Å². The zero-order valence-electron chi connectivity index (χ0n) is 6.99. The minimum Gasteiger partial charge on any atom is -0.426 e. The number of rotatable bonds is 3. The average Bonchev–Trinajstić information content (AvgIpc) is 2.06. The zero-order chi connectivity index (χ0) is 11.7. The van der Waals surface area contributed by atoms with Crippen LogP contribution in [0.25, 0.3) is 0 Å². The van der Waals surface area contributed by atoms with Gasteiger partial charge in [-0.1, -0.05) is 23.7 Å². The van der Waals surface area contributed by atoms with Crippen LogP contribution in [0.4, 0.5) is 17.6 Å². The Hall–Kier alpha value is -0.490. The van der Waals surface area contributed by atoms with E-state index in [4.69, 9.17) is 11.6 Å². The van der Waals surface area contributed by atoms with Crippen LogP contribution in [0.5, 0.6) is 5.75 Å². The number of hydrogen-bond acceptors (Lipinski definition) is 1. The smallest absolute Gasteiger partial charge is 0.426 e. The fourth-order valence-electron chi connectivity index (χ4n) is 0.723. The molecule has 0 fully saturated rings. The van der Waals surface area contributed by atoms with Crippen LogP contribution in [-0.4, -0.2) is 10.9 Å². The van der Waals surface area contributed by atoms with Crippen molar-refractivity contribution in [2.24, 2.45) is 0 Å². The normalized spacial score (nSPS) is 12.7. The highest BCUT2D eigenvalue weighted by atomic mass is 79.9. The minimum atomic E-state index is -4.67. The van der Waals surface area contributed by atoms with Gasteiger partial charge in [0.15, 0.2) is 0 Å². The van der Waals surface area contributed by atoms with E-state index in [-0.39, 0.29) is 5.02 Å². The average molecular weight is 307 g/mol. The van der Waals surface area contributed by atoms with E-state index >= 15 is 0 Å². The summed E-state index contributed by atoms with van der Waals surface area (Å²) in [5.41, 5.74) is 0. The van der Waals surface area contributed by atoms with Gasteiger partial charge >= 0.3 is 10.9 Å². The third-order valence-corrected chi connectivity index (χ3v) is 2.18. The van der Waals surface area contributed by atoms with Crippen molar-refractivity contribution in [3.63, 3.8) is 0 Å². The molecular weight excluding hydrogens is 303 g/mol. The van der Waals surface area contributed by atoms with E-state index in [9.17, 15) is 17.6 Å². The molecule has 15 heavy (non-hydrogen) atoms. The Morgan fingerprint density at radius 2 is 1.67 bits per heavy atom. The quantitative estimate of drug-likeness (QED) is 0.597.